The third-order valence-corrected chi connectivity index (χ3v) is 3.45. The maximum atomic E-state index is 13.8. The van der Waals surface area contributed by atoms with Crippen molar-refractivity contribution >= 4 is 15.9 Å². The maximum Gasteiger partial charge on any atom is 0.141 e. The molecule has 2 N–H and O–H groups in total. The predicted molar refractivity (Wildman–Crippen MR) is 79.8 cm³/mol. The number of hydrogen-bond acceptors (Lipinski definition) is 3. The van der Waals surface area contributed by atoms with Crippen molar-refractivity contribution in [3.63, 3.8) is 0 Å². The maximum absolute atomic E-state index is 13.8. The molecule has 0 aliphatic rings. The van der Waals surface area contributed by atoms with Gasteiger partial charge in [-0.15, -0.1) is 0 Å². The van der Waals surface area contributed by atoms with Crippen LogP contribution in [0, 0.1) is 5.82 Å². The molecule has 0 aromatic heterocycles. The van der Waals surface area contributed by atoms with E-state index in [9.17, 15) is 4.39 Å². The standard InChI is InChI=1S/C15H15BrFNO2/c1-9(18)15-12(17)4-3-5-14(15)20-13-7-6-10(19-2)8-11(13)16/h3-9H,18H2,1-2H3. The lowest BCUT2D eigenvalue weighted by Crippen LogP contribution is -2.09. The van der Waals surface area contributed by atoms with E-state index in [1.807, 2.05) is 0 Å². The third-order valence-electron chi connectivity index (χ3n) is 2.83. The smallest absolute Gasteiger partial charge is 0.141 e. The van der Waals surface area contributed by atoms with Crippen molar-refractivity contribution < 1.29 is 13.9 Å². The summed E-state index contributed by atoms with van der Waals surface area (Å²) in [5, 5.41) is 0. The molecule has 0 radical (unpaired) electrons. The average molecular weight is 340 g/mol. The van der Waals surface area contributed by atoms with Gasteiger partial charge >= 0.3 is 0 Å². The first-order valence-electron chi connectivity index (χ1n) is 6.08. The molecule has 2 aromatic carbocycles. The highest BCUT2D eigenvalue weighted by Crippen LogP contribution is 2.36. The number of methoxy groups -OCH3 is 1. The zero-order valence-corrected chi connectivity index (χ0v) is 12.8. The molecule has 0 aliphatic carbocycles. The Morgan fingerprint density at radius 1 is 1.20 bits per heavy atom. The Balaban J connectivity index is 2.38. The Morgan fingerprint density at radius 2 is 1.95 bits per heavy atom. The van der Waals surface area contributed by atoms with Crippen LogP contribution in [0.5, 0.6) is 17.2 Å². The van der Waals surface area contributed by atoms with Crippen LogP contribution in [-0.4, -0.2) is 7.11 Å². The Kier molecular flexibility index (Phi) is 4.62. The fourth-order valence-electron chi connectivity index (χ4n) is 1.86. The van der Waals surface area contributed by atoms with E-state index in [1.54, 1.807) is 44.4 Å². The number of halogens is 2. The zero-order chi connectivity index (χ0) is 14.7. The van der Waals surface area contributed by atoms with E-state index in [1.165, 1.54) is 6.07 Å². The quantitative estimate of drug-likeness (QED) is 0.897. The van der Waals surface area contributed by atoms with Gasteiger partial charge in [0.05, 0.1) is 11.6 Å². The van der Waals surface area contributed by atoms with Gasteiger partial charge in [0.2, 0.25) is 0 Å². The molecule has 5 heteroatoms. The molecule has 1 unspecified atom stereocenters. The van der Waals surface area contributed by atoms with Crippen molar-refractivity contribution in [2.45, 2.75) is 13.0 Å². The second kappa shape index (κ2) is 6.24. The van der Waals surface area contributed by atoms with E-state index in [4.69, 9.17) is 15.2 Å². The first-order chi connectivity index (χ1) is 9.52. The van der Waals surface area contributed by atoms with Crippen LogP contribution in [0.2, 0.25) is 0 Å². The largest absolute Gasteiger partial charge is 0.497 e. The zero-order valence-electron chi connectivity index (χ0n) is 11.2. The number of benzene rings is 2. The monoisotopic (exact) mass is 339 g/mol. The molecule has 20 heavy (non-hydrogen) atoms. The van der Waals surface area contributed by atoms with Crippen LogP contribution < -0.4 is 15.2 Å². The van der Waals surface area contributed by atoms with Crippen molar-refractivity contribution in [3.8, 4) is 17.2 Å². The summed E-state index contributed by atoms with van der Waals surface area (Å²) in [5.74, 6) is 1.31. The van der Waals surface area contributed by atoms with Gasteiger partial charge in [0.1, 0.15) is 23.1 Å². The summed E-state index contributed by atoms with van der Waals surface area (Å²) in [5.41, 5.74) is 6.16. The molecule has 0 aliphatic heterocycles. The Morgan fingerprint density at radius 3 is 2.55 bits per heavy atom. The van der Waals surface area contributed by atoms with E-state index in [0.717, 1.165) is 4.47 Å². The molecule has 0 fully saturated rings. The molecular formula is C15H15BrFNO2. The van der Waals surface area contributed by atoms with E-state index in [-0.39, 0.29) is 5.82 Å². The van der Waals surface area contributed by atoms with Gasteiger partial charge in [-0.2, -0.15) is 0 Å². The van der Waals surface area contributed by atoms with E-state index < -0.39 is 6.04 Å². The van der Waals surface area contributed by atoms with Gasteiger partial charge in [-0.1, -0.05) is 6.07 Å². The summed E-state index contributed by atoms with van der Waals surface area (Å²) >= 11 is 3.40. The fraction of sp³-hybridized carbons (Fsp3) is 0.200. The van der Waals surface area contributed by atoms with Crippen LogP contribution in [0.15, 0.2) is 40.9 Å². The van der Waals surface area contributed by atoms with Crippen LogP contribution in [-0.2, 0) is 0 Å². The second-order valence-corrected chi connectivity index (χ2v) is 5.19. The number of rotatable bonds is 4. The third kappa shape index (κ3) is 3.11. The summed E-state index contributed by atoms with van der Waals surface area (Å²) in [4.78, 5) is 0. The Hall–Kier alpha value is -1.59. The molecule has 0 spiro atoms. The number of hydrogen-bond donors (Lipinski definition) is 1. The molecular weight excluding hydrogens is 325 g/mol. The summed E-state index contributed by atoms with van der Waals surface area (Å²) in [6, 6.07) is 9.49. The molecule has 3 nitrogen and oxygen atoms in total. The Bertz CT molecular complexity index is 617. The van der Waals surface area contributed by atoms with Crippen LogP contribution in [0.3, 0.4) is 0 Å². The SMILES string of the molecule is COc1ccc(Oc2cccc(F)c2C(C)N)c(Br)c1. The molecule has 0 bridgehead atoms. The number of ether oxygens (including phenoxy) is 2. The molecule has 0 saturated carbocycles. The highest BCUT2D eigenvalue weighted by atomic mass is 79.9. The summed E-state index contributed by atoms with van der Waals surface area (Å²) < 4.78 is 25.4. The lowest BCUT2D eigenvalue weighted by molar-refractivity contribution is 0.411. The minimum Gasteiger partial charge on any atom is -0.497 e. The van der Waals surface area contributed by atoms with Gasteiger partial charge in [-0.25, -0.2) is 4.39 Å². The fourth-order valence-corrected chi connectivity index (χ4v) is 2.30. The lowest BCUT2D eigenvalue weighted by Gasteiger charge is -2.15. The molecule has 0 heterocycles. The lowest BCUT2D eigenvalue weighted by atomic mass is 10.1. The van der Waals surface area contributed by atoms with Crippen LogP contribution >= 0.6 is 15.9 Å². The van der Waals surface area contributed by atoms with Gasteiger partial charge in [-0.05, 0) is 53.2 Å². The van der Waals surface area contributed by atoms with Gasteiger partial charge in [0, 0.05) is 11.6 Å². The van der Waals surface area contributed by atoms with Crippen molar-refractivity contribution in [2.24, 2.45) is 5.73 Å². The van der Waals surface area contributed by atoms with Gasteiger partial charge in [0.25, 0.3) is 0 Å². The minimum absolute atomic E-state index is 0.357. The average Bonchev–Trinajstić information content (AvgIpc) is 2.40. The summed E-state index contributed by atoms with van der Waals surface area (Å²) in [6.07, 6.45) is 0. The van der Waals surface area contributed by atoms with Gasteiger partial charge in [0.15, 0.2) is 0 Å². The highest BCUT2D eigenvalue weighted by Gasteiger charge is 2.15. The van der Waals surface area contributed by atoms with E-state index in [0.29, 0.717) is 22.8 Å². The topological polar surface area (TPSA) is 44.5 Å². The summed E-state index contributed by atoms with van der Waals surface area (Å²) in [6.45, 7) is 1.72. The predicted octanol–water partition coefficient (Wildman–Crippen LogP) is 4.41. The molecule has 0 amide bonds. The number of nitrogens with two attached hydrogens (primary N) is 1. The molecule has 1 atom stereocenters. The van der Waals surface area contributed by atoms with Crippen LogP contribution in [0.1, 0.15) is 18.5 Å². The normalized spacial score (nSPS) is 12.1. The first kappa shape index (κ1) is 14.8. The minimum atomic E-state index is -0.455. The molecule has 106 valence electrons. The molecule has 2 aromatic rings. The van der Waals surface area contributed by atoms with Crippen molar-refractivity contribution in [2.75, 3.05) is 7.11 Å². The Labute approximate surface area is 125 Å². The van der Waals surface area contributed by atoms with Gasteiger partial charge < -0.3 is 15.2 Å². The molecule has 0 saturated heterocycles. The van der Waals surface area contributed by atoms with E-state index >= 15 is 0 Å². The van der Waals surface area contributed by atoms with Crippen molar-refractivity contribution in [1.82, 2.24) is 0 Å². The van der Waals surface area contributed by atoms with Crippen molar-refractivity contribution in [1.29, 1.82) is 0 Å². The molecule has 2 rings (SSSR count). The highest BCUT2D eigenvalue weighted by molar-refractivity contribution is 9.10. The van der Waals surface area contributed by atoms with E-state index in [2.05, 4.69) is 15.9 Å². The summed E-state index contributed by atoms with van der Waals surface area (Å²) in [7, 11) is 1.59. The first-order valence-corrected chi connectivity index (χ1v) is 6.87. The second-order valence-electron chi connectivity index (χ2n) is 4.34. The van der Waals surface area contributed by atoms with Crippen molar-refractivity contribution in [3.05, 3.63) is 52.3 Å². The van der Waals surface area contributed by atoms with Crippen LogP contribution in [0.25, 0.3) is 0 Å². The van der Waals surface area contributed by atoms with Gasteiger partial charge in [-0.3, -0.25) is 0 Å². The van der Waals surface area contributed by atoms with Crippen LogP contribution in [0.4, 0.5) is 4.39 Å².